The summed E-state index contributed by atoms with van der Waals surface area (Å²) in [6, 6.07) is 19.2. The molecule has 1 aromatic heterocycles. The molecule has 0 aliphatic rings. The first-order chi connectivity index (χ1) is 14.3. The molecule has 0 unspecified atom stereocenters. The van der Waals surface area contributed by atoms with Crippen LogP contribution in [0.4, 0.5) is 0 Å². The molecule has 4 nitrogen and oxygen atoms in total. The van der Waals surface area contributed by atoms with Crippen LogP contribution in [-0.2, 0) is 10.0 Å². The third kappa shape index (κ3) is 3.57. The van der Waals surface area contributed by atoms with Crippen LogP contribution in [0.1, 0.15) is 33.6 Å². The summed E-state index contributed by atoms with van der Waals surface area (Å²) < 4.78 is 29.0. The van der Waals surface area contributed by atoms with Crippen LogP contribution in [0.25, 0.3) is 23.2 Å². The molecule has 0 N–H and O–H groups in total. The molecule has 0 radical (unpaired) electrons. The van der Waals surface area contributed by atoms with Crippen LogP contribution >= 0.6 is 0 Å². The first-order valence-electron chi connectivity index (χ1n) is 9.83. The smallest absolute Gasteiger partial charge is 0.228 e. The Balaban J connectivity index is 1.94. The van der Waals surface area contributed by atoms with E-state index in [9.17, 15) is 8.42 Å². The van der Waals surface area contributed by atoms with Crippen LogP contribution in [-0.4, -0.2) is 17.4 Å². The molecule has 0 saturated carbocycles. The average molecular weight is 417 g/mol. The van der Waals surface area contributed by atoms with E-state index >= 15 is 0 Å². The van der Waals surface area contributed by atoms with E-state index in [-0.39, 0.29) is 0 Å². The third-order valence-electron chi connectivity index (χ3n) is 5.15. The summed E-state index contributed by atoms with van der Waals surface area (Å²) in [5.41, 5.74) is 5.88. The van der Waals surface area contributed by atoms with E-state index < -0.39 is 10.0 Å². The Morgan fingerprint density at radius 2 is 1.43 bits per heavy atom. The van der Waals surface area contributed by atoms with Gasteiger partial charge in [0, 0.05) is 0 Å². The molecule has 0 atom stereocenters. The average Bonchev–Trinajstić information content (AvgIpc) is 3.05. The molecule has 0 amide bonds. The molecule has 0 aliphatic carbocycles. The van der Waals surface area contributed by atoms with Gasteiger partial charge in [-0.05, 0) is 62.6 Å². The molecule has 30 heavy (non-hydrogen) atoms. The minimum absolute atomic E-state index is 0.334. The van der Waals surface area contributed by atoms with Crippen molar-refractivity contribution >= 4 is 33.2 Å². The lowest BCUT2D eigenvalue weighted by Crippen LogP contribution is -2.17. The van der Waals surface area contributed by atoms with Gasteiger partial charge >= 0.3 is 0 Å². The fraction of sp³-hybridized carbons (Fsp3) is 0.160. The minimum Gasteiger partial charge on any atom is -0.228 e. The monoisotopic (exact) mass is 416 g/mol. The zero-order chi connectivity index (χ0) is 21.5. The van der Waals surface area contributed by atoms with E-state index in [1.807, 2.05) is 88.4 Å². The van der Waals surface area contributed by atoms with Gasteiger partial charge in [-0.15, -0.1) is 0 Å². The van der Waals surface area contributed by atoms with E-state index in [2.05, 4.69) is 4.98 Å². The van der Waals surface area contributed by atoms with Gasteiger partial charge in [0.25, 0.3) is 10.0 Å². The van der Waals surface area contributed by atoms with Crippen molar-refractivity contribution in [2.24, 2.45) is 0 Å². The van der Waals surface area contributed by atoms with Crippen molar-refractivity contribution in [1.82, 2.24) is 8.96 Å². The van der Waals surface area contributed by atoms with Crippen molar-refractivity contribution in [3.8, 4) is 0 Å². The Hall–Kier alpha value is -3.18. The molecular weight excluding hydrogens is 392 g/mol. The molecule has 0 bridgehead atoms. The summed E-state index contributed by atoms with van der Waals surface area (Å²) in [5.74, 6) is 0.385. The van der Waals surface area contributed by atoms with Gasteiger partial charge in [0.05, 0.1) is 15.9 Å². The standard InChI is InChI=1S/C25H24N2O2S/c1-17-9-11-21(12-10-17)13-14-24-26-22-7-5-6-8-23(22)27(24)30(28,29)25-19(3)15-18(2)16-20(25)4/h5-16H,1-4H3/b14-13+. The van der Waals surface area contributed by atoms with Crippen LogP contribution < -0.4 is 0 Å². The highest BCUT2D eigenvalue weighted by atomic mass is 32.2. The maximum absolute atomic E-state index is 13.8. The Morgan fingerprint density at radius 1 is 0.800 bits per heavy atom. The number of fused-ring (bicyclic) bond motifs is 1. The summed E-state index contributed by atoms with van der Waals surface area (Å²) in [4.78, 5) is 4.95. The molecular formula is C25H24N2O2S. The number of benzene rings is 3. The van der Waals surface area contributed by atoms with E-state index in [1.54, 1.807) is 12.1 Å². The molecule has 5 heteroatoms. The van der Waals surface area contributed by atoms with Crippen LogP contribution in [0.2, 0.25) is 0 Å². The Bertz CT molecular complexity index is 1360. The van der Waals surface area contributed by atoms with Gasteiger partial charge in [0.1, 0.15) is 5.82 Å². The number of imidazole rings is 1. The Kier molecular flexibility index (Phi) is 5.08. The van der Waals surface area contributed by atoms with E-state index in [1.165, 1.54) is 9.54 Å². The van der Waals surface area contributed by atoms with Gasteiger partial charge in [-0.3, -0.25) is 0 Å². The van der Waals surface area contributed by atoms with Gasteiger partial charge in [-0.2, -0.15) is 0 Å². The molecule has 0 fully saturated rings. The fourth-order valence-electron chi connectivity index (χ4n) is 3.89. The zero-order valence-electron chi connectivity index (χ0n) is 17.5. The number of hydrogen-bond donors (Lipinski definition) is 0. The number of aromatic nitrogens is 2. The molecule has 0 spiro atoms. The first-order valence-corrected chi connectivity index (χ1v) is 11.3. The molecule has 1 heterocycles. The molecule has 0 saturated heterocycles. The highest BCUT2D eigenvalue weighted by Crippen LogP contribution is 2.29. The lowest BCUT2D eigenvalue weighted by Gasteiger charge is -2.14. The van der Waals surface area contributed by atoms with Crippen molar-refractivity contribution in [3.05, 3.63) is 94.3 Å². The first kappa shape index (κ1) is 20.1. The lowest BCUT2D eigenvalue weighted by atomic mass is 10.1. The topological polar surface area (TPSA) is 52.0 Å². The molecule has 3 aromatic carbocycles. The van der Waals surface area contributed by atoms with E-state index in [4.69, 9.17) is 0 Å². The number of rotatable bonds is 4. The Labute approximate surface area is 177 Å². The van der Waals surface area contributed by atoms with Crippen molar-refractivity contribution in [3.63, 3.8) is 0 Å². The lowest BCUT2D eigenvalue weighted by molar-refractivity contribution is 0.587. The van der Waals surface area contributed by atoms with Crippen LogP contribution in [0.5, 0.6) is 0 Å². The predicted molar refractivity (Wildman–Crippen MR) is 123 cm³/mol. The van der Waals surface area contributed by atoms with Gasteiger partial charge in [0.15, 0.2) is 0 Å². The molecule has 4 aromatic rings. The number of hydrogen-bond acceptors (Lipinski definition) is 3. The minimum atomic E-state index is -3.84. The van der Waals surface area contributed by atoms with Gasteiger partial charge in [-0.1, -0.05) is 65.7 Å². The normalized spacial score (nSPS) is 12.1. The second kappa shape index (κ2) is 7.58. The second-order valence-corrected chi connectivity index (χ2v) is 9.42. The summed E-state index contributed by atoms with van der Waals surface area (Å²) >= 11 is 0. The molecule has 152 valence electrons. The summed E-state index contributed by atoms with van der Waals surface area (Å²) in [5, 5.41) is 0. The van der Waals surface area contributed by atoms with Gasteiger partial charge in [0.2, 0.25) is 0 Å². The maximum atomic E-state index is 13.8. The largest absolute Gasteiger partial charge is 0.270 e. The van der Waals surface area contributed by atoms with Crippen LogP contribution in [0.15, 0.2) is 65.6 Å². The van der Waals surface area contributed by atoms with E-state index in [0.717, 1.165) is 22.3 Å². The predicted octanol–water partition coefficient (Wildman–Crippen LogP) is 5.68. The highest BCUT2D eigenvalue weighted by molar-refractivity contribution is 7.90. The molecule has 0 aliphatic heterocycles. The van der Waals surface area contributed by atoms with Gasteiger partial charge in [-0.25, -0.2) is 17.4 Å². The highest BCUT2D eigenvalue weighted by Gasteiger charge is 2.26. The van der Waals surface area contributed by atoms with Gasteiger partial charge < -0.3 is 0 Å². The van der Waals surface area contributed by atoms with Crippen molar-refractivity contribution in [1.29, 1.82) is 0 Å². The Morgan fingerprint density at radius 3 is 2.10 bits per heavy atom. The molecule has 4 rings (SSSR count). The van der Waals surface area contributed by atoms with E-state index in [0.29, 0.717) is 21.8 Å². The second-order valence-electron chi connectivity index (χ2n) is 7.70. The maximum Gasteiger partial charge on any atom is 0.270 e. The van der Waals surface area contributed by atoms with Crippen molar-refractivity contribution in [2.75, 3.05) is 0 Å². The zero-order valence-corrected chi connectivity index (χ0v) is 18.4. The van der Waals surface area contributed by atoms with Crippen LogP contribution in [0.3, 0.4) is 0 Å². The third-order valence-corrected chi connectivity index (χ3v) is 7.17. The summed E-state index contributed by atoms with van der Waals surface area (Å²) in [6.07, 6.45) is 3.66. The van der Waals surface area contributed by atoms with Crippen LogP contribution in [0, 0.1) is 27.7 Å². The quantitative estimate of drug-likeness (QED) is 0.430. The SMILES string of the molecule is Cc1ccc(/C=C/c2nc3ccccc3n2S(=O)(=O)c2c(C)cc(C)cc2C)cc1. The number of para-hydroxylation sites is 2. The van der Waals surface area contributed by atoms with Crippen molar-refractivity contribution < 1.29 is 8.42 Å². The number of nitrogens with zero attached hydrogens (tertiary/aromatic N) is 2. The summed E-state index contributed by atoms with van der Waals surface area (Å²) in [7, 11) is -3.84. The number of aryl methyl sites for hydroxylation is 4. The fourth-order valence-corrected chi connectivity index (χ4v) is 5.77. The summed E-state index contributed by atoms with van der Waals surface area (Å²) in [6.45, 7) is 7.69. The van der Waals surface area contributed by atoms with Crippen molar-refractivity contribution in [2.45, 2.75) is 32.6 Å².